The van der Waals surface area contributed by atoms with Crippen molar-refractivity contribution in [2.24, 2.45) is 0 Å². The standard InChI is InChI=1S/C25H29F2N5O/c1-16-24(17(2)32(29-16)21-8-5-18(26)6-9-21)25(33)28-19-7-10-23(22(27)15-19)31-13-11-20(12-14-31)30(3)4/h5-10,15,20H,11-14H2,1-4H3,(H,28,33). The first-order chi connectivity index (χ1) is 15.7. The van der Waals surface area contributed by atoms with Crippen LogP contribution in [-0.2, 0) is 0 Å². The summed E-state index contributed by atoms with van der Waals surface area (Å²) in [6.07, 6.45) is 1.98. The molecule has 0 radical (unpaired) electrons. The van der Waals surface area contributed by atoms with Gasteiger partial charge in [-0.3, -0.25) is 4.79 Å². The van der Waals surface area contributed by atoms with Gasteiger partial charge in [0.25, 0.3) is 5.91 Å². The van der Waals surface area contributed by atoms with Crippen molar-refractivity contribution in [3.05, 3.63) is 71.1 Å². The van der Waals surface area contributed by atoms with Crippen molar-refractivity contribution in [1.82, 2.24) is 14.7 Å². The van der Waals surface area contributed by atoms with Crippen molar-refractivity contribution in [2.45, 2.75) is 32.7 Å². The summed E-state index contributed by atoms with van der Waals surface area (Å²) in [4.78, 5) is 17.3. The number of nitrogens with zero attached hydrogens (tertiary/aromatic N) is 4. The third kappa shape index (κ3) is 4.75. The van der Waals surface area contributed by atoms with E-state index in [0.29, 0.717) is 40.1 Å². The zero-order valence-electron chi connectivity index (χ0n) is 19.4. The number of carbonyl (C=O) groups excluding carboxylic acids is 1. The van der Waals surface area contributed by atoms with E-state index in [0.717, 1.165) is 25.9 Å². The number of aryl methyl sites for hydroxylation is 1. The maximum absolute atomic E-state index is 14.9. The number of anilines is 2. The largest absolute Gasteiger partial charge is 0.369 e. The molecule has 2 heterocycles. The molecule has 6 nitrogen and oxygen atoms in total. The Morgan fingerprint density at radius 1 is 1.06 bits per heavy atom. The topological polar surface area (TPSA) is 53.4 Å². The first-order valence-electron chi connectivity index (χ1n) is 11.1. The first kappa shape index (κ1) is 22.9. The molecule has 1 fully saturated rings. The summed E-state index contributed by atoms with van der Waals surface area (Å²) in [6.45, 7) is 5.11. The Bertz CT molecular complexity index is 1150. The maximum atomic E-state index is 14.9. The molecule has 0 spiro atoms. The molecule has 3 aromatic rings. The Morgan fingerprint density at radius 2 is 1.73 bits per heavy atom. The molecule has 2 aromatic carbocycles. The van der Waals surface area contributed by atoms with Crippen LogP contribution in [0.5, 0.6) is 0 Å². The van der Waals surface area contributed by atoms with E-state index in [9.17, 15) is 13.6 Å². The summed E-state index contributed by atoms with van der Waals surface area (Å²) in [5, 5.41) is 7.22. The summed E-state index contributed by atoms with van der Waals surface area (Å²) < 4.78 is 29.8. The van der Waals surface area contributed by atoms with Crippen LogP contribution in [0, 0.1) is 25.5 Å². The molecule has 8 heteroatoms. The van der Waals surface area contributed by atoms with Crippen LogP contribution >= 0.6 is 0 Å². The fourth-order valence-electron chi connectivity index (χ4n) is 4.46. The van der Waals surface area contributed by atoms with Crippen molar-refractivity contribution in [3.63, 3.8) is 0 Å². The molecular weight excluding hydrogens is 424 g/mol. The molecule has 1 saturated heterocycles. The third-order valence-corrected chi connectivity index (χ3v) is 6.33. The fraction of sp³-hybridized carbons (Fsp3) is 0.360. The van der Waals surface area contributed by atoms with Gasteiger partial charge in [0.2, 0.25) is 0 Å². The van der Waals surface area contributed by atoms with E-state index < -0.39 is 0 Å². The lowest BCUT2D eigenvalue weighted by atomic mass is 10.0. The minimum Gasteiger partial charge on any atom is -0.369 e. The number of hydrogen-bond donors (Lipinski definition) is 1. The highest BCUT2D eigenvalue weighted by molar-refractivity contribution is 6.06. The minimum absolute atomic E-state index is 0.342. The molecule has 1 aliphatic heterocycles. The minimum atomic E-state index is -0.364. The summed E-state index contributed by atoms with van der Waals surface area (Å²) in [7, 11) is 4.15. The molecule has 33 heavy (non-hydrogen) atoms. The smallest absolute Gasteiger partial charge is 0.259 e. The average molecular weight is 454 g/mol. The van der Waals surface area contributed by atoms with Crippen LogP contribution < -0.4 is 10.2 Å². The number of amides is 1. The Balaban J connectivity index is 1.49. The number of hydrogen-bond acceptors (Lipinski definition) is 4. The second kappa shape index (κ2) is 9.31. The van der Waals surface area contributed by atoms with E-state index in [4.69, 9.17) is 0 Å². The monoisotopic (exact) mass is 453 g/mol. The molecular formula is C25H29F2N5O. The number of halogens is 2. The van der Waals surface area contributed by atoms with Crippen molar-refractivity contribution in [3.8, 4) is 5.69 Å². The van der Waals surface area contributed by atoms with Gasteiger partial charge in [-0.25, -0.2) is 13.5 Å². The molecule has 0 saturated carbocycles. The van der Waals surface area contributed by atoms with Gasteiger partial charge in [0, 0.05) is 24.8 Å². The van der Waals surface area contributed by atoms with Crippen molar-refractivity contribution in [2.75, 3.05) is 37.4 Å². The van der Waals surface area contributed by atoms with E-state index in [1.165, 1.54) is 18.2 Å². The molecule has 1 amide bonds. The molecule has 1 aromatic heterocycles. The number of benzene rings is 2. The van der Waals surface area contributed by atoms with Gasteiger partial charge in [0.05, 0.1) is 28.3 Å². The van der Waals surface area contributed by atoms with Crippen molar-refractivity contribution < 1.29 is 13.6 Å². The summed E-state index contributed by atoms with van der Waals surface area (Å²) in [6, 6.07) is 11.2. The Labute approximate surface area is 192 Å². The number of piperidine rings is 1. The second-order valence-electron chi connectivity index (χ2n) is 8.74. The fourth-order valence-corrected chi connectivity index (χ4v) is 4.46. The first-order valence-corrected chi connectivity index (χ1v) is 11.1. The Kier molecular flexibility index (Phi) is 6.47. The molecule has 1 aliphatic rings. The maximum Gasteiger partial charge on any atom is 0.259 e. The van der Waals surface area contributed by atoms with Crippen LogP contribution in [0.25, 0.3) is 5.69 Å². The van der Waals surface area contributed by atoms with Gasteiger partial charge in [-0.1, -0.05) is 0 Å². The van der Waals surface area contributed by atoms with Gasteiger partial charge in [-0.2, -0.15) is 5.10 Å². The zero-order chi connectivity index (χ0) is 23.7. The predicted octanol–water partition coefficient (Wildman–Crippen LogP) is 4.55. The van der Waals surface area contributed by atoms with E-state index in [-0.39, 0.29) is 17.5 Å². The van der Waals surface area contributed by atoms with Crippen LogP contribution in [0.3, 0.4) is 0 Å². The molecule has 4 rings (SSSR count). The highest BCUT2D eigenvalue weighted by Gasteiger charge is 2.23. The van der Waals surface area contributed by atoms with Crippen LogP contribution in [0.1, 0.15) is 34.6 Å². The number of nitrogens with one attached hydrogen (secondary N) is 1. The van der Waals surface area contributed by atoms with E-state index in [1.807, 2.05) is 0 Å². The predicted molar refractivity (Wildman–Crippen MR) is 126 cm³/mol. The molecule has 1 N–H and O–H groups in total. The zero-order valence-corrected chi connectivity index (χ0v) is 19.4. The summed E-state index contributed by atoms with van der Waals surface area (Å²) in [5.41, 5.74) is 3.17. The lowest BCUT2D eigenvalue weighted by Crippen LogP contribution is -2.42. The second-order valence-corrected chi connectivity index (χ2v) is 8.74. The van der Waals surface area contributed by atoms with Crippen molar-refractivity contribution in [1.29, 1.82) is 0 Å². The van der Waals surface area contributed by atoms with Gasteiger partial charge < -0.3 is 15.1 Å². The quantitative estimate of drug-likeness (QED) is 0.616. The third-order valence-electron chi connectivity index (χ3n) is 6.33. The van der Waals surface area contributed by atoms with Gasteiger partial charge in [0.15, 0.2) is 0 Å². The van der Waals surface area contributed by atoms with Crippen LogP contribution in [0.2, 0.25) is 0 Å². The van der Waals surface area contributed by atoms with Crippen LogP contribution in [0.4, 0.5) is 20.2 Å². The molecule has 174 valence electrons. The highest BCUT2D eigenvalue weighted by Crippen LogP contribution is 2.27. The number of rotatable bonds is 5. The molecule has 0 atom stereocenters. The van der Waals surface area contributed by atoms with Gasteiger partial charge in [-0.05, 0) is 83.2 Å². The van der Waals surface area contributed by atoms with Gasteiger partial charge in [-0.15, -0.1) is 0 Å². The molecule has 0 bridgehead atoms. The van der Waals surface area contributed by atoms with Gasteiger partial charge in [0.1, 0.15) is 11.6 Å². The lowest BCUT2D eigenvalue weighted by molar-refractivity contribution is 0.102. The van der Waals surface area contributed by atoms with E-state index in [1.54, 1.807) is 42.8 Å². The normalized spacial score (nSPS) is 14.7. The average Bonchev–Trinajstić information content (AvgIpc) is 3.08. The SMILES string of the molecule is Cc1nn(-c2ccc(F)cc2)c(C)c1C(=O)Nc1ccc(N2CCC(N(C)C)CC2)c(F)c1. The molecule has 0 unspecified atom stereocenters. The van der Waals surface area contributed by atoms with E-state index >= 15 is 0 Å². The Hall–Kier alpha value is -3.26. The molecule has 0 aliphatic carbocycles. The van der Waals surface area contributed by atoms with E-state index in [2.05, 4.69) is 34.3 Å². The van der Waals surface area contributed by atoms with Gasteiger partial charge >= 0.3 is 0 Å². The number of carbonyl (C=O) groups is 1. The lowest BCUT2D eigenvalue weighted by Gasteiger charge is -2.36. The Morgan fingerprint density at radius 3 is 2.33 bits per heavy atom. The summed E-state index contributed by atoms with van der Waals surface area (Å²) >= 11 is 0. The van der Waals surface area contributed by atoms with Crippen molar-refractivity contribution >= 4 is 17.3 Å². The van der Waals surface area contributed by atoms with Crippen LogP contribution in [0.15, 0.2) is 42.5 Å². The summed E-state index contributed by atoms with van der Waals surface area (Å²) in [5.74, 6) is -1.06. The highest BCUT2D eigenvalue weighted by atomic mass is 19.1. The van der Waals surface area contributed by atoms with Crippen LogP contribution in [-0.4, -0.2) is 53.8 Å². The number of aromatic nitrogens is 2.